The lowest BCUT2D eigenvalue weighted by Crippen LogP contribution is -2.36. The largest absolute Gasteiger partial charge is 0.474 e. The van der Waals surface area contributed by atoms with Crippen LogP contribution in [0.5, 0.6) is 5.88 Å². The van der Waals surface area contributed by atoms with Gasteiger partial charge in [-0.3, -0.25) is 0 Å². The number of ether oxygens (including phenoxy) is 1. The highest BCUT2D eigenvalue weighted by molar-refractivity contribution is 7.92. The topological polar surface area (TPSA) is 118 Å². The maximum atomic E-state index is 12.0. The average molecular weight is 440 g/mol. The lowest BCUT2D eigenvalue weighted by molar-refractivity contribution is 0.192. The molecule has 2 rings (SSSR count). The van der Waals surface area contributed by atoms with Crippen LogP contribution in [-0.2, 0) is 15.4 Å². The molecule has 158 valence electrons. The average Bonchev–Trinajstić information content (AvgIpc) is 2.60. The van der Waals surface area contributed by atoms with E-state index < -0.39 is 26.2 Å². The summed E-state index contributed by atoms with van der Waals surface area (Å²) in [6.45, 7) is 8.89. The Hall–Kier alpha value is -2.09. The molecule has 2 heterocycles. The summed E-state index contributed by atoms with van der Waals surface area (Å²) in [5.41, 5.74) is 8.90. The molecule has 29 heavy (non-hydrogen) atoms. The van der Waals surface area contributed by atoms with Gasteiger partial charge >= 0.3 is 0 Å². The van der Waals surface area contributed by atoms with Gasteiger partial charge in [0.15, 0.2) is 9.84 Å². The molecule has 0 aromatic carbocycles. The van der Waals surface area contributed by atoms with Crippen LogP contribution < -0.4 is 4.74 Å². The van der Waals surface area contributed by atoms with Gasteiger partial charge in [-0.05, 0) is 56.7 Å². The summed E-state index contributed by atoms with van der Waals surface area (Å²) in [7, 11) is -3.25. The van der Waals surface area contributed by atoms with Crippen molar-refractivity contribution < 1.29 is 13.2 Å². The fourth-order valence-corrected chi connectivity index (χ4v) is 3.79. The molecule has 0 saturated carbocycles. The summed E-state index contributed by atoms with van der Waals surface area (Å²) in [4.78, 5) is 11.5. The van der Waals surface area contributed by atoms with Crippen LogP contribution in [0.15, 0.2) is 23.6 Å². The third kappa shape index (κ3) is 4.91. The van der Waals surface area contributed by atoms with Gasteiger partial charge in [-0.1, -0.05) is 23.6 Å². The molecule has 2 aromatic rings. The second kappa shape index (κ2) is 8.34. The summed E-state index contributed by atoms with van der Waals surface area (Å²) < 4.78 is 29.1. The summed E-state index contributed by atoms with van der Waals surface area (Å²) in [6.07, 6.45) is 4.84. The predicted molar refractivity (Wildman–Crippen MR) is 115 cm³/mol. The van der Waals surface area contributed by atoms with Gasteiger partial charge in [-0.15, -0.1) is 0 Å². The zero-order valence-electron chi connectivity index (χ0n) is 17.5. The van der Waals surface area contributed by atoms with E-state index in [0.29, 0.717) is 34.8 Å². The van der Waals surface area contributed by atoms with E-state index in [1.54, 1.807) is 39.2 Å². The van der Waals surface area contributed by atoms with Crippen molar-refractivity contribution in [1.29, 1.82) is 0 Å². The van der Waals surface area contributed by atoms with Crippen LogP contribution in [0.4, 0.5) is 0 Å². The summed E-state index contributed by atoms with van der Waals surface area (Å²) in [5.74, 6) is 0.323. The van der Waals surface area contributed by atoms with Crippen molar-refractivity contribution in [3.63, 3.8) is 0 Å². The Morgan fingerprint density at radius 3 is 2.48 bits per heavy atom. The first kappa shape index (κ1) is 23.2. The van der Waals surface area contributed by atoms with Crippen LogP contribution in [0.1, 0.15) is 53.0 Å². The van der Waals surface area contributed by atoms with Crippen molar-refractivity contribution in [2.45, 2.75) is 63.9 Å². The van der Waals surface area contributed by atoms with Crippen LogP contribution in [0, 0.1) is 0 Å². The maximum Gasteiger partial charge on any atom is 0.223 e. The van der Waals surface area contributed by atoms with E-state index >= 15 is 0 Å². The molecule has 0 aliphatic heterocycles. The molecule has 0 aliphatic rings. The minimum absolute atomic E-state index is 0.293. The molecule has 0 N–H and O–H groups in total. The third-order valence-electron chi connectivity index (χ3n) is 5.33. The fraction of sp³-hybridized carbons (Fsp3) is 0.579. The van der Waals surface area contributed by atoms with E-state index in [1.165, 1.54) is 6.26 Å². The molecule has 0 radical (unpaired) electrons. The van der Waals surface area contributed by atoms with Crippen LogP contribution in [0.25, 0.3) is 21.2 Å². The second-order valence-corrected chi connectivity index (χ2v) is 11.0. The molecule has 0 amide bonds. The van der Waals surface area contributed by atoms with Crippen LogP contribution in [-0.4, -0.2) is 35.5 Å². The number of hydrogen-bond acceptors (Lipinski definition) is 6. The number of rotatable bonds is 8. The Balaban J connectivity index is 2.53. The highest BCUT2D eigenvalue weighted by Crippen LogP contribution is 2.38. The Bertz CT molecular complexity index is 1070. The van der Waals surface area contributed by atoms with Crippen molar-refractivity contribution in [2.24, 2.45) is 5.11 Å². The normalized spacial score (nSPS) is 15.4. The van der Waals surface area contributed by atoms with E-state index in [-0.39, 0.29) is 0 Å². The van der Waals surface area contributed by atoms with Gasteiger partial charge in [0, 0.05) is 30.0 Å². The number of azide groups is 1. The van der Waals surface area contributed by atoms with Crippen LogP contribution in [0.3, 0.4) is 0 Å². The standard InChI is InChI=1S/C19H26ClN5O3S/c1-7-19(5,24-25-21)15-11-23-17(14-10-22-16(20)8-13(14)15)28-12(2)9-18(3,4)29(6,26)27/h8,10-12H,7,9H2,1-6H3/t12?,19-/m1/s1. The quantitative estimate of drug-likeness (QED) is 0.242. The molecular weight excluding hydrogens is 414 g/mol. The predicted octanol–water partition coefficient (Wildman–Crippen LogP) is 5.20. The first-order chi connectivity index (χ1) is 13.3. The molecule has 0 aliphatic carbocycles. The summed E-state index contributed by atoms with van der Waals surface area (Å²) >= 11 is 6.11. The number of aromatic nitrogens is 2. The molecule has 10 heteroatoms. The van der Waals surface area contributed by atoms with Crippen molar-refractivity contribution in [3.05, 3.63) is 39.6 Å². The monoisotopic (exact) mass is 439 g/mol. The minimum Gasteiger partial charge on any atom is -0.474 e. The van der Waals surface area contributed by atoms with Gasteiger partial charge in [-0.2, -0.15) is 0 Å². The number of halogens is 1. The number of sulfone groups is 1. The van der Waals surface area contributed by atoms with E-state index in [0.717, 1.165) is 5.39 Å². The van der Waals surface area contributed by atoms with Crippen molar-refractivity contribution >= 4 is 32.2 Å². The molecule has 2 atom stereocenters. The van der Waals surface area contributed by atoms with E-state index in [2.05, 4.69) is 20.0 Å². The highest BCUT2D eigenvalue weighted by Gasteiger charge is 2.33. The molecule has 8 nitrogen and oxygen atoms in total. The number of nitrogens with zero attached hydrogens (tertiary/aromatic N) is 5. The van der Waals surface area contributed by atoms with Gasteiger partial charge in [-0.25, -0.2) is 18.4 Å². The van der Waals surface area contributed by atoms with Crippen LogP contribution in [0.2, 0.25) is 5.15 Å². The van der Waals surface area contributed by atoms with Crippen LogP contribution >= 0.6 is 11.6 Å². The SMILES string of the molecule is CC[C@@](C)(N=[N+]=[N-])c1cnc(OC(C)CC(C)(C)S(C)(=O)=O)c2cnc(Cl)cc12. The molecule has 0 saturated heterocycles. The lowest BCUT2D eigenvalue weighted by Gasteiger charge is -2.27. The van der Waals surface area contributed by atoms with E-state index in [1.807, 2.05) is 13.8 Å². The Kier molecular flexibility index (Phi) is 6.67. The van der Waals surface area contributed by atoms with Crippen molar-refractivity contribution in [3.8, 4) is 5.88 Å². The summed E-state index contributed by atoms with van der Waals surface area (Å²) in [6, 6.07) is 1.69. The molecule has 0 fully saturated rings. The molecule has 2 aromatic heterocycles. The van der Waals surface area contributed by atoms with Gasteiger partial charge in [0.05, 0.1) is 21.8 Å². The molecule has 1 unspecified atom stereocenters. The maximum absolute atomic E-state index is 12.0. The smallest absolute Gasteiger partial charge is 0.223 e. The zero-order chi connectivity index (χ0) is 22.0. The van der Waals surface area contributed by atoms with E-state index in [9.17, 15) is 8.42 Å². The van der Waals surface area contributed by atoms with Gasteiger partial charge in [0.1, 0.15) is 5.15 Å². The molecular formula is C19H26ClN5O3S. The van der Waals surface area contributed by atoms with Crippen molar-refractivity contribution in [1.82, 2.24) is 9.97 Å². The minimum atomic E-state index is -3.25. The first-order valence-corrected chi connectivity index (χ1v) is 11.5. The van der Waals surface area contributed by atoms with Crippen molar-refractivity contribution in [2.75, 3.05) is 6.26 Å². The molecule has 0 spiro atoms. The van der Waals surface area contributed by atoms with Gasteiger partial charge in [0.25, 0.3) is 0 Å². The Morgan fingerprint density at radius 1 is 1.28 bits per heavy atom. The van der Waals surface area contributed by atoms with E-state index in [4.69, 9.17) is 21.9 Å². The zero-order valence-corrected chi connectivity index (χ0v) is 19.0. The number of fused-ring (bicyclic) bond motifs is 1. The fourth-order valence-electron chi connectivity index (χ4n) is 3.10. The number of pyridine rings is 2. The van der Waals surface area contributed by atoms with Gasteiger partial charge < -0.3 is 4.74 Å². The Labute approximate surface area is 176 Å². The highest BCUT2D eigenvalue weighted by atomic mass is 35.5. The van der Waals surface area contributed by atoms with Gasteiger partial charge in [0.2, 0.25) is 5.88 Å². The lowest BCUT2D eigenvalue weighted by atomic mass is 9.88. The first-order valence-electron chi connectivity index (χ1n) is 9.22. The third-order valence-corrected chi connectivity index (χ3v) is 7.71. The molecule has 0 bridgehead atoms. The second-order valence-electron chi connectivity index (χ2n) is 8.01. The number of hydrogen-bond donors (Lipinski definition) is 0. The summed E-state index contributed by atoms with van der Waals surface area (Å²) in [5, 5.41) is 5.59. The Morgan fingerprint density at radius 2 is 1.93 bits per heavy atom.